The van der Waals surface area contributed by atoms with Crippen LogP contribution in [-0.4, -0.2) is 17.1 Å². The molecule has 118 valence electrons. The van der Waals surface area contributed by atoms with Crippen LogP contribution in [0.15, 0.2) is 96.7 Å². The van der Waals surface area contributed by atoms with Crippen LogP contribution in [0, 0.1) is 0 Å². The van der Waals surface area contributed by atoms with Crippen molar-refractivity contribution < 1.29 is 4.79 Å². The van der Waals surface area contributed by atoms with Crippen LogP contribution in [0.2, 0.25) is 0 Å². The van der Waals surface area contributed by atoms with Crippen molar-refractivity contribution in [3.63, 3.8) is 0 Å². The van der Waals surface area contributed by atoms with Gasteiger partial charge in [-0.15, -0.1) is 0 Å². The molecule has 2 aliphatic rings. The first-order valence-electron chi connectivity index (χ1n) is 7.90. The van der Waals surface area contributed by atoms with Crippen LogP contribution in [0.4, 0.5) is 16.2 Å². The van der Waals surface area contributed by atoms with Gasteiger partial charge in [0, 0.05) is 5.69 Å². The van der Waals surface area contributed by atoms with Gasteiger partial charge in [0.05, 0.1) is 17.4 Å². The summed E-state index contributed by atoms with van der Waals surface area (Å²) < 4.78 is 0. The third-order valence-corrected chi connectivity index (χ3v) is 4.07. The Morgan fingerprint density at radius 3 is 2.29 bits per heavy atom. The maximum Gasteiger partial charge on any atom is 0.348 e. The molecule has 1 saturated heterocycles. The van der Waals surface area contributed by atoms with Crippen molar-refractivity contribution in [3.8, 4) is 0 Å². The number of allylic oxidation sites excluding steroid dienone is 4. The topological polar surface area (TPSA) is 35.6 Å². The number of rotatable bonds is 3. The second-order valence-electron chi connectivity index (χ2n) is 5.61. The number of urea groups is 1. The number of nitrogens with one attached hydrogen (secondary N) is 1. The van der Waals surface area contributed by atoms with E-state index in [0.717, 1.165) is 17.1 Å². The van der Waals surface area contributed by atoms with E-state index in [9.17, 15) is 4.79 Å². The Morgan fingerprint density at radius 2 is 1.54 bits per heavy atom. The normalized spacial score (nSPS) is 19.1. The summed E-state index contributed by atoms with van der Waals surface area (Å²) in [5.41, 5.74) is 5.87. The Balaban J connectivity index is 1.74. The molecule has 0 spiro atoms. The Labute approximate surface area is 141 Å². The number of fused-ring (bicyclic) bond motifs is 1. The lowest BCUT2D eigenvalue weighted by Gasteiger charge is -2.21. The van der Waals surface area contributed by atoms with E-state index in [1.54, 1.807) is 9.91 Å². The highest BCUT2D eigenvalue weighted by Gasteiger charge is 2.41. The highest BCUT2D eigenvalue weighted by Crippen LogP contribution is 2.33. The van der Waals surface area contributed by atoms with E-state index in [4.69, 9.17) is 0 Å². The molecule has 0 bridgehead atoms. The molecule has 2 amide bonds. The summed E-state index contributed by atoms with van der Waals surface area (Å²) in [6, 6.07) is 19.2. The molecular weight excluding hydrogens is 298 g/mol. The smallest absolute Gasteiger partial charge is 0.290 e. The minimum atomic E-state index is -0.133. The second-order valence-corrected chi connectivity index (χ2v) is 5.61. The van der Waals surface area contributed by atoms with Gasteiger partial charge < -0.3 is 0 Å². The van der Waals surface area contributed by atoms with Gasteiger partial charge in [-0.25, -0.2) is 9.80 Å². The van der Waals surface area contributed by atoms with Gasteiger partial charge in [0.15, 0.2) is 0 Å². The molecule has 0 saturated carbocycles. The number of para-hydroxylation sites is 2. The number of anilines is 2. The molecule has 24 heavy (non-hydrogen) atoms. The maximum atomic E-state index is 13.1. The molecule has 2 aromatic rings. The van der Waals surface area contributed by atoms with Crippen LogP contribution in [-0.2, 0) is 0 Å². The van der Waals surface area contributed by atoms with Crippen LogP contribution >= 0.6 is 0 Å². The van der Waals surface area contributed by atoms with Crippen LogP contribution in [0.5, 0.6) is 0 Å². The standard InChI is InChI=1S/C20H17N3O/c24-20-22(17-12-6-2-7-13-17)18-14-8-3-9-15-19(18)23(20)21-16-10-4-1-5-11-16/h1-15,18,21H. The quantitative estimate of drug-likeness (QED) is 0.915. The molecule has 1 N–H and O–H groups in total. The van der Waals surface area contributed by atoms with Crippen LogP contribution in [0.25, 0.3) is 0 Å². The molecule has 1 heterocycles. The molecule has 1 aliphatic carbocycles. The monoisotopic (exact) mass is 315 g/mol. The highest BCUT2D eigenvalue weighted by molar-refractivity contribution is 5.99. The summed E-state index contributed by atoms with van der Waals surface area (Å²) in [6.07, 6.45) is 9.91. The summed E-state index contributed by atoms with van der Waals surface area (Å²) in [5.74, 6) is 0. The Kier molecular flexibility index (Phi) is 3.63. The second kappa shape index (κ2) is 6.08. The lowest BCUT2D eigenvalue weighted by molar-refractivity contribution is 0.233. The Hall–Kier alpha value is -3.27. The first kappa shape index (κ1) is 14.3. The summed E-state index contributed by atoms with van der Waals surface area (Å²) in [5, 5.41) is 1.62. The van der Waals surface area contributed by atoms with Crippen molar-refractivity contribution in [2.75, 3.05) is 10.3 Å². The number of hydrazine groups is 1. The minimum Gasteiger partial charge on any atom is -0.290 e. The number of carbonyl (C=O) groups excluding carboxylic acids is 1. The molecule has 1 aliphatic heterocycles. The van der Waals surface area contributed by atoms with Gasteiger partial charge in [0.2, 0.25) is 0 Å². The summed E-state index contributed by atoms with van der Waals surface area (Å²) in [6.45, 7) is 0. The largest absolute Gasteiger partial charge is 0.348 e. The molecule has 4 rings (SSSR count). The van der Waals surface area contributed by atoms with Gasteiger partial charge in [-0.2, -0.15) is 0 Å². The zero-order chi connectivity index (χ0) is 16.4. The van der Waals surface area contributed by atoms with Crippen molar-refractivity contribution >= 4 is 17.4 Å². The first-order chi connectivity index (χ1) is 11.8. The molecular formula is C20H17N3O. The molecule has 1 fully saturated rings. The van der Waals surface area contributed by atoms with Crippen molar-refractivity contribution in [3.05, 3.63) is 96.7 Å². The molecule has 4 nitrogen and oxygen atoms in total. The van der Waals surface area contributed by atoms with E-state index in [0.29, 0.717) is 0 Å². The van der Waals surface area contributed by atoms with Crippen LogP contribution in [0.3, 0.4) is 0 Å². The van der Waals surface area contributed by atoms with Crippen molar-refractivity contribution in [2.45, 2.75) is 6.04 Å². The molecule has 1 unspecified atom stereocenters. The molecule has 0 aromatic heterocycles. The third kappa shape index (κ3) is 2.48. The van der Waals surface area contributed by atoms with Crippen molar-refractivity contribution in [1.29, 1.82) is 0 Å². The first-order valence-corrected chi connectivity index (χ1v) is 7.90. The van der Waals surface area contributed by atoms with Gasteiger partial charge in [0.1, 0.15) is 0 Å². The van der Waals surface area contributed by atoms with Gasteiger partial charge in [0.25, 0.3) is 0 Å². The summed E-state index contributed by atoms with van der Waals surface area (Å²) in [7, 11) is 0. The summed E-state index contributed by atoms with van der Waals surface area (Å²) >= 11 is 0. The number of benzene rings is 2. The van der Waals surface area contributed by atoms with E-state index >= 15 is 0 Å². The average Bonchev–Trinajstić information content (AvgIpc) is 2.79. The van der Waals surface area contributed by atoms with E-state index in [2.05, 4.69) is 5.43 Å². The predicted octanol–water partition coefficient (Wildman–Crippen LogP) is 4.33. The van der Waals surface area contributed by atoms with E-state index in [1.165, 1.54) is 0 Å². The SMILES string of the molecule is O=C1N(Nc2ccccc2)C2=CC=CC=CC2N1c1ccccc1. The van der Waals surface area contributed by atoms with Gasteiger partial charge in [-0.3, -0.25) is 10.3 Å². The number of nitrogens with zero attached hydrogens (tertiary/aromatic N) is 2. The average molecular weight is 315 g/mol. The fourth-order valence-electron chi connectivity index (χ4n) is 2.96. The van der Waals surface area contributed by atoms with E-state index < -0.39 is 0 Å². The number of amides is 2. The zero-order valence-corrected chi connectivity index (χ0v) is 13.0. The lowest BCUT2D eigenvalue weighted by Crippen LogP contribution is -2.36. The predicted molar refractivity (Wildman–Crippen MR) is 96.4 cm³/mol. The van der Waals surface area contributed by atoms with E-state index in [1.807, 2.05) is 91.0 Å². The number of hydrogen-bond acceptors (Lipinski definition) is 2. The molecule has 4 heteroatoms. The Bertz CT molecular complexity index is 824. The fourth-order valence-corrected chi connectivity index (χ4v) is 2.96. The van der Waals surface area contributed by atoms with Gasteiger partial charge >= 0.3 is 6.03 Å². The fraction of sp³-hybridized carbons (Fsp3) is 0.0500. The van der Waals surface area contributed by atoms with Gasteiger partial charge in [-0.1, -0.05) is 60.7 Å². The van der Waals surface area contributed by atoms with Crippen molar-refractivity contribution in [1.82, 2.24) is 5.01 Å². The van der Waals surface area contributed by atoms with Gasteiger partial charge in [-0.05, 0) is 30.3 Å². The van der Waals surface area contributed by atoms with Crippen LogP contribution < -0.4 is 10.3 Å². The molecule has 0 radical (unpaired) electrons. The summed E-state index contributed by atoms with van der Waals surface area (Å²) in [4.78, 5) is 14.9. The van der Waals surface area contributed by atoms with E-state index in [-0.39, 0.29) is 12.1 Å². The molecule has 1 atom stereocenters. The van der Waals surface area contributed by atoms with Crippen LogP contribution in [0.1, 0.15) is 0 Å². The molecule has 2 aromatic carbocycles. The Morgan fingerprint density at radius 1 is 0.833 bits per heavy atom. The zero-order valence-electron chi connectivity index (χ0n) is 13.0. The third-order valence-electron chi connectivity index (χ3n) is 4.07. The maximum absolute atomic E-state index is 13.1. The highest BCUT2D eigenvalue weighted by atomic mass is 16.2. The lowest BCUT2D eigenvalue weighted by atomic mass is 10.1. The number of hydrogen-bond donors (Lipinski definition) is 1. The van der Waals surface area contributed by atoms with Crippen molar-refractivity contribution in [2.24, 2.45) is 0 Å². The number of carbonyl (C=O) groups is 1. The minimum absolute atomic E-state index is 0.0961.